The molecule has 0 amide bonds. The molecule has 0 saturated carbocycles. The molecule has 1 aliphatic rings. The van der Waals surface area contributed by atoms with Crippen molar-refractivity contribution in [2.24, 2.45) is 0 Å². The van der Waals surface area contributed by atoms with Crippen LogP contribution in [0.4, 0.5) is 0 Å². The van der Waals surface area contributed by atoms with Gasteiger partial charge in [0.05, 0.1) is 11.1 Å². The minimum Gasteiger partial charge on any atom is -0.490 e. The summed E-state index contributed by atoms with van der Waals surface area (Å²) in [5.41, 5.74) is 2.24. The number of likely N-dealkylation sites (N-methyl/N-ethyl adjacent to an activating group) is 1. The molecule has 1 saturated heterocycles. The third-order valence-corrected chi connectivity index (χ3v) is 6.12. The van der Waals surface area contributed by atoms with Crippen molar-refractivity contribution in [2.75, 3.05) is 26.2 Å². The highest BCUT2D eigenvalue weighted by atomic mass is 79.9. The highest BCUT2D eigenvalue weighted by molar-refractivity contribution is 9.10. The second-order valence-corrected chi connectivity index (χ2v) is 8.60. The lowest BCUT2D eigenvalue weighted by molar-refractivity contribution is 0.259. The summed E-state index contributed by atoms with van der Waals surface area (Å²) in [6.45, 7) is 9.47. The molecule has 4 nitrogen and oxygen atoms in total. The fourth-order valence-electron chi connectivity index (χ4n) is 3.79. The van der Waals surface area contributed by atoms with Crippen molar-refractivity contribution in [3.8, 4) is 11.5 Å². The minimum atomic E-state index is 0. The SMILES string of the molecule is CCOc1cc(CNCC2CCCN2CC)cc(Br)c1OCc1ccc(Cl)cc1.Cl.Cl. The molecule has 1 unspecified atom stereocenters. The second kappa shape index (κ2) is 14.5. The number of nitrogens with zero attached hydrogens (tertiary/aromatic N) is 1. The van der Waals surface area contributed by atoms with E-state index in [-0.39, 0.29) is 24.8 Å². The molecular formula is C23H32BrCl3N2O2. The first-order valence-corrected chi connectivity index (χ1v) is 11.5. The van der Waals surface area contributed by atoms with Crippen LogP contribution in [0.5, 0.6) is 11.5 Å². The van der Waals surface area contributed by atoms with E-state index in [0.717, 1.165) is 46.2 Å². The Hall–Kier alpha value is -0.690. The zero-order valence-corrected chi connectivity index (χ0v) is 22.0. The minimum absolute atomic E-state index is 0. The Morgan fingerprint density at radius 2 is 1.84 bits per heavy atom. The van der Waals surface area contributed by atoms with E-state index in [1.807, 2.05) is 31.2 Å². The summed E-state index contributed by atoms with van der Waals surface area (Å²) >= 11 is 9.63. The fourth-order valence-corrected chi connectivity index (χ4v) is 4.52. The van der Waals surface area contributed by atoms with Gasteiger partial charge in [-0.3, -0.25) is 4.90 Å². The van der Waals surface area contributed by atoms with E-state index in [0.29, 0.717) is 19.3 Å². The molecule has 2 aromatic rings. The number of halogens is 4. The highest BCUT2D eigenvalue weighted by Gasteiger charge is 2.22. The molecule has 1 aliphatic heterocycles. The smallest absolute Gasteiger partial charge is 0.175 e. The lowest BCUT2D eigenvalue weighted by Gasteiger charge is -2.23. The van der Waals surface area contributed by atoms with Gasteiger partial charge < -0.3 is 14.8 Å². The maximum Gasteiger partial charge on any atom is 0.175 e. The van der Waals surface area contributed by atoms with Crippen LogP contribution in [-0.4, -0.2) is 37.2 Å². The average Bonchev–Trinajstić information content (AvgIpc) is 3.16. The van der Waals surface area contributed by atoms with Gasteiger partial charge in [0.1, 0.15) is 6.61 Å². The van der Waals surface area contributed by atoms with Crippen LogP contribution in [0, 0.1) is 0 Å². The third-order valence-electron chi connectivity index (χ3n) is 5.28. The van der Waals surface area contributed by atoms with Gasteiger partial charge in [0.25, 0.3) is 0 Å². The Morgan fingerprint density at radius 1 is 1.10 bits per heavy atom. The van der Waals surface area contributed by atoms with Crippen LogP contribution >= 0.6 is 52.3 Å². The molecule has 0 bridgehead atoms. The van der Waals surface area contributed by atoms with Crippen molar-refractivity contribution in [2.45, 2.75) is 45.9 Å². The molecule has 3 rings (SSSR count). The van der Waals surface area contributed by atoms with E-state index in [4.69, 9.17) is 21.1 Å². The molecule has 8 heteroatoms. The van der Waals surface area contributed by atoms with Crippen LogP contribution in [0.1, 0.15) is 37.8 Å². The summed E-state index contributed by atoms with van der Waals surface area (Å²) in [6.07, 6.45) is 2.59. The molecule has 0 radical (unpaired) electrons. The van der Waals surface area contributed by atoms with E-state index in [2.05, 4.69) is 45.2 Å². The van der Waals surface area contributed by atoms with Crippen LogP contribution in [0.3, 0.4) is 0 Å². The zero-order chi connectivity index (χ0) is 20.6. The third kappa shape index (κ3) is 8.30. The van der Waals surface area contributed by atoms with Gasteiger partial charge in [-0.25, -0.2) is 0 Å². The maximum atomic E-state index is 6.07. The van der Waals surface area contributed by atoms with Gasteiger partial charge in [0, 0.05) is 24.2 Å². The summed E-state index contributed by atoms with van der Waals surface area (Å²) < 4.78 is 12.8. The molecule has 0 aromatic heterocycles. The average molecular weight is 555 g/mol. The van der Waals surface area contributed by atoms with E-state index in [1.165, 1.54) is 24.9 Å². The van der Waals surface area contributed by atoms with Gasteiger partial charge in [-0.05, 0) is 84.2 Å². The van der Waals surface area contributed by atoms with Gasteiger partial charge in [-0.1, -0.05) is 30.7 Å². The fraction of sp³-hybridized carbons (Fsp3) is 0.478. The molecule has 1 N–H and O–H groups in total. The van der Waals surface area contributed by atoms with Crippen molar-refractivity contribution in [3.05, 3.63) is 57.0 Å². The van der Waals surface area contributed by atoms with Crippen molar-refractivity contribution >= 4 is 52.3 Å². The predicted molar refractivity (Wildman–Crippen MR) is 138 cm³/mol. The molecule has 2 aromatic carbocycles. The quantitative estimate of drug-likeness (QED) is 0.364. The van der Waals surface area contributed by atoms with Crippen LogP contribution in [0.15, 0.2) is 40.9 Å². The number of ether oxygens (including phenoxy) is 2. The summed E-state index contributed by atoms with van der Waals surface area (Å²) in [4.78, 5) is 2.56. The molecule has 0 aliphatic carbocycles. The maximum absolute atomic E-state index is 6.07. The standard InChI is InChI=1S/C23H30BrClN2O2.2ClH/c1-3-27-11-5-6-20(27)15-26-14-18-12-21(24)23(22(13-18)28-4-2)29-16-17-7-9-19(25)10-8-17;;/h7-10,12-13,20,26H,3-6,11,14-16H2,1-2H3;2*1H. The molecule has 1 heterocycles. The Balaban J connectivity index is 0.00000240. The largest absolute Gasteiger partial charge is 0.490 e. The summed E-state index contributed by atoms with van der Waals surface area (Å²) in [5, 5.41) is 4.34. The molecular weight excluding hydrogens is 523 g/mol. The summed E-state index contributed by atoms with van der Waals surface area (Å²) in [5.74, 6) is 1.50. The molecule has 1 fully saturated rings. The number of likely N-dealkylation sites (tertiary alicyclic amines) is 1. The summed E-state index contributed by atoms with van der Waals surface area (Å²) in [7, 11) is 0. The number of rotatable bonds is 10. The first kappa shape index (κ1) is 28.3. The summed E-state index contributed by atoms with van der Waals surface area (Å²) in [6, 6.07) is 12.5. The normalized spacial score (nSPS) is 15.8. The van der Waals surface area contributed by atoms with Crippen LogP contribution in [0.25, 0.3) is 0 Å². The topological polar surface area (TPSA) is 33.7 Å². The molecule has 1 atom stereocenters. The number of benzene rings is 2. The molecule has 31 heavy (non-hydrogen) atoms. The first-order chi connectivity index (χ1) is 14.1. The lowest BCUT2D eigenvalue weighted by Crippen LogP contribution is -2.37. The second-order valence-electron chi connectivity index (χ2n) is 7.31. The monoisotopic (exact) mass is 552 g/mol. The van der Waals surface area contributed by atoms with Crippen LogP contribution in [-0.2, 0) is 13.2 Å². The highest BCUT2D eigenvalue weighted by Crippen LogP contribution is 2.37. The number of nitrogens with one attached hydrogen (secondary N) is 1. The van der Waals surface area contributed by atoms with Crippen molar-refractivity contribution < 1.29 is 9.47 Å². The number of hydrogen-bond donors (Lipinski definition) is 1. The predicted octanol–water partition coefficient (Wildman–Crippen LogP) is 6.50. The van der Waals surface area contributed by atoms with E-state index in [9.17, 15) is 0 Å². The number of hydrogen-bond acceptors (Lipinski definition) is 4. The Morgan fingerprint density at radius 3 is 2.52 bits per heavy atom. The first-order valence-electron chi connectivity index (χ1n) is 10.4. The van der Waals surface area contributed by atoms with Crippen LogP contribution in [0.2, 0.25) is 5.02 Å². The van der Waals surface area contributed by atoms with E-state index in [1.54, 1.807) is 0 Å². The Kier molecular flexibility index (Phi) is 13.2. The van der Waals surface area contributed by atoms with Gasteiger partial charge in [-0.15, -0.1) is 24.8 Å². The molecule has 0 spiro atoms. The lowest BCUT2D eigenvalue weighted by atomic mass is 10.1. The Bertz CT molecular complexity index is 793. The van der Waals surface area contributed by atoms with Gasteiger partial charge in [0.2, 0.25) is 0 Å². The van der Waals surface area contributed by atoms with Gasteiger partial charge >= 0.3 is 0 Å². The van der Waals surface area contributed by atoms with Gasteiger partial charge in [-0.2, -0.15) is 0 Å². The van der Waals surface area contributed by atoms with Crippen molar-refractivity contribution in [3.63, 3.8) is 0 Å². The Labute approximate surface area is 212 Å². The van der Waals surface area contributed by atoms with Crippen LogP contribution < -0.4 is 14.8 Å². The van der Waals surface area contributed by atoms with Crippen molar-refractivity contribution in [1.82, 2.24) is 10.2 Å². The van der Waals surface area contributed by atoms with Crippen molar-refractivity contribution in [1.29, 1.82) is 0 Å². The molecule has 174 valence electrons. The van der Waals surface area contributed by atoms with Gasteiger partial charge in [0.15, 0.2) is 11.5 Å². The zero-order valence-electron chi connectivity index (χ0n) is 18.0. The van der Waals surface area contributed by atoms with E-state index >= 15 is 0 Å². The van der Waals surface area contributed by atoms with E-state index < -0.39 is 0 Å².